The summed E-state index contributed by atoms with van der Waals surface area (Å²) in [5.74, 6) is 0.955. The molecule has 4 rings (SSSR count). The first-order chi connectivity index (χ1) is 14.9. The Morgan fingerprint density at radius 2 is 1.97 bits per heavy atom. The number of hydrogen-bond donors (Lipinski definition) is 0. The van der Waals surface area contributed by atoms with E-state index in [9.17, 15) is 8.42 Å². The summed E-state index contributed by atoms with van der Waals surface area (Å²) in [6.07, 6.45) is 0. The van der Waals surface area contributed by atoms with Crippen LogP contribution < -0.4 is 4.74 Å². The molecule has 1 aliphatic rings. The van der Waals surface area contributed by atoms with Gasteiger partial charge in [0.15, 0.2) is 5.76 Å². The van der Waals surface area contributed by atoms with Gasteiger partial charge in [-0.2, -0.15) is 4.31 Å². The van der Waals surface area contributed by atoms with Crippen LogP contribution in [0.3, 0.4) is 0 Å². The standard InChI is InChI=1S/C22H23ClN2O5S/c1-15-22(16(2)30-24-15)31(26,27)25-9-10-29-21-8-7-17(11-19(21)12-25)13-28-14-18-5-3-4-6-20(18)23/h3-8,11H,9-10,12-14H2,1-2H3. The predicted molar refractivity (Wildman–Crippen MR) is 115 cm³/mol. The van der Waals surface area contributed by atoms with Crippen LogP contribution in [-0.4, -0.2) is 31.0 Å². The Labute approximate surface area is 186 Å². The second-order valence-corrected chi connectivity index (χ2v) is 9.65. The summed E-state index contributed by atoms with van der Waals surface area (Å²) in [4.78, 5) is 0.121. The van der Waals surface area contributed by atoms with Crippen LogP contribution in [0.4, 0.5) is 0 Å². The molecule has 0 fully saturated rings. The van der Waals surface area contributed by atoms with E-state index in [0.717, 1.165) is 16.7 Å². The number of benzene rings is 2. The number of ether oxygens (including phenoxy) is 2. The molecule has 31 heavy (non-hydrogen) atoms. The minimum atomic E-state index is -3.77. The van der Waals surface area contributed by atoms with Gasteiger partial charge in [0.05, 0.1) is 13.2 Å². The zero-order valence-electron chi connectivity index (χ0n) is 17.3. The molecule has 0 saturated heterocycles. The number of nitrogens with zero attached hydrogens (tertiary/aromatic N) is 2. The van der Waals surface area contributed by atoms with E-state index in [2.05, 4.69) is 5.16 Å². The van der Waals surface area contributed by atoms with E-state index in [1.165, 1.54) is 4.31 Å². The maximum Gasteiger partial charge on any atom is 0.248 e. The summed E-state index contributed by atoms with van der Waals surface area (Å²) in [6.45, 7) is 4.68. The van der Waals surface area contributed by atoms with Crippen LogP contribution >= 0.6 is 11.6 Å². The van der Waals surface area contributed by atoms with E-state index in [0.29, 0.717) is 29.7 Å². The molecule has 164 valence electrons. The third-order valence-electron chi connectivity index (χ3n) is 5.12. The number of aryl methyl sites for hydroxylation is 2. The maximum atomic E-state index is 13.2. The van der Waals surface area contributed by atoms with Gasteiger partial charge in [-0.05, 0) is 43.2 Å². The van der Waals surface area contributed by atoms with E-state index < -0.39 is 10.0 Å². The molecule has 0 spiro atoms. The molecule has 0 atom stereocenters. The molecule has 0 radical (unpaired) electrons. The Bertz CT molecular complexity index is 1170. The van der Waals surface area contributed by atoms with Gasteiger partial charge in [0.1, 0.15) is 22.9 Å². The number of aromatic nitrogens is 1. The fourth-order valence-electron chi connectivity index (χ4n) is 3.58. The topological polar surface area (TPSA) is 81.9 Å². The van der Waals surface area contributed by atoms with Crippen LogP contribution in [0.1, 0.15) is 28.1 Å². The van der Waals surface area contributed by atoms with Crippen molar-refractivity contribution in [2.45, 2.75) is 38.5 Å². The lowest BCUT2D eigenvalue weighted by atomic mass is 10.1. The van der Waals surface area contributed by atoms with Crippen molar-refractivity contribution in [3.05, 3.63) is 75.6 Å². The minimum Gasteiger partial charge on any atom is -0.492 e. The Balaban J connectivity index is 1.51. The van der Waals surface area contributed by atoms with Crippen LogP contribution in [0.25, 0.3) is 0 Å². The lowest BCUT2D eigenvalue weighted by Gasteiger charge is -2.19. The summed E-state index contributed by atoms with van der Waals surface area (Å²) in [5.41, 5.74) is 2.97. The van der Waals surface area contributed by atoms with E-state index in [4.69, 9.17) is 25.6 Å². The largest absolute Gasteiger partial charge is 0.492 e. The average Bonchev–Trinajstić information content (AvgIpc) is 2.95. The third kappa shape index (κ3) is 4.62. The molecular weight excluding hydrogens is 440 g/mol. The molecule has 0 saturated carbocycles. The van der Waals surface area contributed by atoms with Gasteiger partial charge in [0, 0.05) is 23.7 Å². The summed E-state index contributed by atoms with van der Waals surface area (Å²) >= 11 is 6.17. The molecule has 9 heteroatoms. The molecule has 0 N–H and O–H groups in total. The first kappa shape index (κ1) is 21.8. The van der Waals surface area contributed by atoms with Crippen LogP contribution in [0, 0.1) is 13.8 Å². The summed E-state index contributed by atoms with van der Waals surface area (Å²) in [5, 5.41) is 4.45. The zero-order valence-corrected chi connectivity index (χ0v) is 18.9. The van der Waals surface area contributed by atoms with Crippen LogP contribution in [-0.2, 0) is 34.5 Å². The monoisotopic (exact) mass is 462 g/mol. The van der Waals surface area contributed by atoms with Crippen LogP contribution in [0.15, 0.2) is 51.9 Å². The van der Waals surface area contributed by atoms with Gasteiger partial charge in [0.25, 0.3) is 0 Å². The van der Waals surface area contributed by atoms with Crippen molar-refractivity contribution in [2.75, 3.05) is 13.2 Å². The molecule has 0 aliphatic carbocycles. The van der Waals surface area contributed by atoms with Gasteiger partial charge in [0.2, 0.25) is 10.0 Å². The summed E-state index contributed by atoms with van der Waals surface area (Å²) in [6, 6.07) is 13.2. The van der Waals surface area contributed by atoms with E-state index in [1.54, 1.807) is 13.8 Å². The highest BCUT2D eigenvalue weighted by Crippen LogP contribution is 2.30. The smallest absolute Gasteiger partial charge is 0.248 e. The quantitative estimate of drug-likeness (QED) is 0.544. The summed E-state index contributed by atoms with van der Waals surface area (Å²) in [7, 11) is -3.77. The first-order valence-corrected chi connectivity index (χ1v) is 11.7. The normalized spacial score (nSPS) is 14.7. The molecule has 3 aromatic rings. The SMILES string of the molecule is Cc1noc(C)c1S(=O)(=O)N1CCOc2ccc(COCc3ccccc3Cl)cc2C1. The van der Waals surface area contributed by atoms with Gasteiger partial charge in [-0.3, -0.25) is 0 Å². The van der Waals surface area contributed by atoms with Crippen LogP contribution in [0.5, 0.6) is 5.75 Å². The molecule has 7 nitrogen and oxygen atoms in total. The molecule has 1 aromatic heterocycles. The predicted octanol–water partition coefficient (Wildman–Crippen LogP) is 4.24. The zero-order chi connectivity index (χ0) is 22.0. The number of sulfonamides is 1. The first-order valence-electron chi connectivity index (χ1n) is 9.85. The van der Waals surface area contributed by atoms with Crippen molar-refractivity contribution in [1.29, 1.82) is 0 Å². The number of halogens is 1. The Morgan fingerprint density at radius 3 is 2.71 bits per heavy atom. The van der Waals surface area contributed by atoms with Crippen LogP contribution in [0.2, 0.25) is 5.02 Å². The number of rotatable bonds is 6. The van der Waals surface area contributed by atoms with Crippen molar-refractivity contribution in [3.8, 4) is 5.75 Å². The number of hydrogen-bond acceptors (Lipinski definition) is 6. The second kappa shape index (κ2) is 9.00. The van der Waals surface area contributed by atoms with Gasteiger partial charge in [-0.15, -0.1) is 0 Å². The number of fused-ring (bicyclic) bond motifs is 1. The fourth-order valence-corrected chi connectivity index (χ4v) is 5.47. The van der Waals surface area contributed by atoms with Gasteiger partial charge < -0.3 is 14.0 Å². The van der Waals surface area contributed by atoms with Crippen molar-refractivity contribution in [1.82, 2.24) is 9.46 Å². The molecule has 1 aliphatic heterocycles. The lowest BCUT2D eigenvalue weighted by molar-refractivity contribution is 0.107. The minimum absolute atomic E-state index is 0.121. The molecule has 0 bridgehead atoms. The molecular formula is C22H23ClN2O5S. The molecule has 0 amide bonds. The van der Waals surface area contributed by atoms with Crippen molar-refractivity contribution >= 4 is 21.6 Å². The van der Waals surface area contributed by atoms with Crippen molar-refractivity contribution in [3.63, 3.8) is 0 Å². The Morgan fingerprint density at radius 1 is 1.16 bits per heavy atom. The summed E-state index contributed by atoms with van der Waals surface area (Å²) < 4.78 is 44.5. The molecule has 2 aromatic carbocycles. The molecule has 2 heterocycles. The molecule has 0 unspecified atom stereocenters. The van der Waals surface area contributed by atoms with Crippen molar-refractivity contribution < 1.29 is 22.4 Å². The van der Waals surface area contributed by atoms with Gasteiger partial charge in [-0.25, -0.2) is 8.42 Å². The highest BCUT2D eigenvalue weighted by atomic mass is 35.5. The highest BCUT2D eigenvalue weighted by Gasteiger charge is 2.32. The van der Waals surface area contributed by atoms with E-state index in [1.807, 2.05) is 42.5 Å². The van der Waals surface area contributed by atoms with E-state index in [-0.39, 0.29) is 30.4 Å². The Kier molecular flexibility index (Phi) is 6.34. The van der Waals surface area contributed by atoms with Gasteiger partial charge in [-0.1, -0.05) is 41.0 Å². The average molecular weight is 463 g/mol. The van der Waals surface area contributed by atoms with Gasteiger partial charge >= 0.3 is 0 Å². The van der Waals surface area contributed by atoms with E-state index >= 15 is 0 Å². The van der Waals surface area contributed by atoms with Crippen molar-refractivity contribution in [2.24, 2.45) is 0 Å². The second-order valence-electron chi connectivity index (χ2n) is 7.37. The maximum absolute atomic E-state index is 13.2. The lowest BCUT2D eigenvalue weighted by Crippen LogP contribution is -2.33. The Hall–Kier alpha value is -2.39. The fraction of sp³-hybridized carbons (Fsp3) is 0.318. The third-order valence-corrected chi connectivity index (χ3v) is 7.58. The highest BCUT2D eigenvalue weighted by molar-refractivity contribution is 7.89.